The number of nitrogens with one attached hydrogen (secondary N) is 1. The van der Waals surface area contributed by atoms with Crippen LogP contribution in [0, 0.1) is 0 Å². The number of phenols is 1. The molecule has 2 aromatic carbocycles. The first-order valence-electron chi connectivity index (χ1n) is 9.39. The van der Waals surface area contributed by atoms with Crippen LogP contribution >= 0.6 is 0 Å². The van der Waals surface area contributed by atoms with Gasteiger partial charge in [0.2, 0.25) is 0 Å². The molecule has 3 aromatic rings. The Morgan fingerprint density at radius 1 is 0.897 bits per heavy atom. The van der Waals surface area contributed by atoms with Crippen LogP contribution in [0.3, 0.4) is 0 Å². The lowest BCUT2D eigenvalue weighted by Crippen LogP contribution is -2.18. The van der Waals surface area contributed by atoms with Crippen molar-refractivity contribution in [3.8, 4) is 23.0 Å². The van der Waals surface area contributed by atoms with E-state index in [1.807, 2.05) is 36.4 Å². The number of pyridine rings is 1. The number of benzene rings is 2. The lowest BCUT2D eigenvalue weighted by Gasteiger charge is -2.17. The molecule has 0 amide bonds. The van der Waals surface area contributed by atoms with Crippen molar-refractivity contribution in [3.05, 3.63) is 77.6 Å². The Labute approximate surface area is 171 Å². The van der Waals surface area contributed by atoms with E-state index < -0.39 is 0 Å². The van der Waals surface area contributed by atoms with Crippen LogP contribution < -0.4 is 19.5 Å². The van der Waals surface area contributed by atoms with Gasteiger partial charge in [-0.3, -0.25) is 4.98 Å². The van der Waals surface area contributed by atoms with Gasteiger partial charge < -0.3 is 24.6 Å². The molecule has 6 heteroatoms. The van der Waals surface area contributed by atoms with E-state index >= 15 is 0 Å². The molecule has 0 fully saturated rings. The fourth-order valence-corrected chi connectivity index (χ4v) is 2.95. The molecular weight excluding hydrogens is 368 g/mol. The summed E-state index contributed by atoms with van der Waals surface area (Å²) in [5, 5.41) is 13.4. The fourth-order valence-electron chi connectivity index (χ4n) is 2.95. The van der Waals surface area contributed by atoms with Crippen molar-refractivity contribution < 1.29 is 19.3 Å². The van der Waals surface area contributed by atoms with Crippen molar-refractivity contribution in [2.45, 2.75) is 26.1 Å². The Hall–Kier alpha value is -3.25. The Bertz CT molecular complexity index is 931. The zero-order valence-electron chi connectivity index (χ0n) is 16.9. The summed E-state index contributed by atoms with van der Waals surface area (Å²) < 4.78 is 16.5. The second-order valence-electron chi connectivity index (χ2n) is 6.66. The van der Waals surface area contributed by atoms with Crippen molar-refractivity contribution in [2.24, 2.45) is 0 Å². The average molecular weight is 394 g/mol. The van der Waals surface area contributed by atoms with Gasteiger partial charge in [-0.15, -0.1) is 0 Å². The molecule has 0 aliphatic heterocycles. The van der Waals surface area contributed by atoms with Gasteiger partial charge in [0, 0.05) is 25.0 Å². The van der Waals surface area contributed by atoms with Crippen molar-refractivity contribution in [2.75, 3.05) is 14.2 Å². The van der Waals surface area contributed by atoms with Crippen LogP contribution in [0.2, 0.25) is 0 Å². The molecule has 0 aliphatic rings. The minimum atomic E-state index is 0.0855. The number of hydrogen-bond donors (Lipinski definition) is 2. The van der Waals surface area contributed by atoms with Crippen molar-refractivity contribution in [1.82, 2.24) is 10.3 Å². The van der Waals surface area contributed by atoms with Gasteiger partial charge in [0.25, 0.3) is 0 Å². The minimum absolute atomic E-state index is 0.0855. The second-order valence-corrected chi connectivity index (χ2v) is 6.66. The van der Waals surface area contributed by atoms with E-state index in [0.29, 0.717) is 30.4 Å². The molecule has 29 heavy (non-hydrogen) atoms. The van der Waals surface area contributed by atoms with Crippen LogP contribution in [0.5, 0.6) is 23.0 Å². The molecule has 3 rings (SSSR count). The highest BCUT2D eigenvalue weighted by atomic mass is 16.5. The molecule has 0 bridgehead atoms. The van der Waals surface area contributed by atoms with Gasteiger partial charge in [-0.25, -0.2) is 0 Å². The summed E-state index contributed by atoms with van der Waals surface area (Å²) in [5.74, 6) is 1.98. The van der Waals surface area contributed by atoms with E-state index in [9.17, 15) is 5.11 Å². The standard InChI is InChI=1S/C23H26N2O4/c1-16(25-14-18-4-6-21(27-2)20(26)12-18)19-5-7-22(23(13-19)28-3)29-15-17-8-10-24-11-9-17/h4-13,16,25-26H,14-15H2,1-3H3. The van der Waals surface area contributed by atoms with Crippen molar-refractivity contribution in [1.29, 1.82) is 0 Å². The molecule has 152 valence electrons. The van der Waals surface area contributed by atoms with Gasteiger partial charge in [0.1, 0.15) is 6.61 Å². The first kappa shape index (κ1) is 20.5. The van der Waals surface area contributed by atoms with E-state index in [4.69, 9.17) is 14.2 Å². The van der Waals surface area contributed by atoms with Gasteiger partial charge in [0.15, 0.2) is 23.0 Å². The van der Waals surface area contributed by atoms with Crippen molar-refractivity contribution >= 4 is 0 Å². The van der Waals surface area contributed by atoms with E-state index in [-0.39, 0.29) is 11.8 Å². The van der Waals surface area contributed by atoms with E-state index in [2.05, 4.69) is 17.2 Å². The number of phenolic OH excluding ortho intramolecular Hbond substituents is 1. The number of aromatic nitrogens is 1. The number of hydrogen-bond acceptors (Lipinski definition) is 6. The third-order valence-corrected chi connectivity index (χ3v) is 4.69. The summed E-state index contributed by atoms with van der Waals surface area (Å²) in [7, 11) is 3.17. The molecule has 2 N–H and O–H groups in total. The third kappa shape index (κ3) is 5.39. The number of ether oxygens (including phenoxy) is 3. The highest BCUT2D eigenvalue weighted by Crippen LogP contribution is 2.31. The molecule has 1 heterocycles. The fraction of sp³-hybridized carbons (Fsp3) is 0.261. The quantitative estimate of drug-likeness (QED) is 0.566. The van der Waals surface area contributed by atoms with Gasteiger partial charge in [-0.1, -0.05) is 12.1 Å². The molecule has 6 nitrogen and oxygen atoms in total. The Morgan fingerprint density at radius 2 is 1.62 bits per heavy atom. The molecule has 1 aromatic heterocycles. The van der Waals surface area contributed by atoms with E-state index in [1.165, 1.54) is 7.11 Å². The summed E-state index contributed by atoms with van der Waals surface area (Å²) in [6.07, 6.45) is 3.49. The first-order chi connectivity index (χ1) is 14.1. The van der Waals surface area contributed by atoms with Crippen LogP contribution in [-0.2, 0) is 13.2 Å². The predicted molar refractivity (Wildman–Crippen MR) is 111 cm³/mol. The topological polar surface area (TPSA) is 72.8 Å². The zero-order chi connectivity index (χ0) is 20.6. The molecule has 1 atom stereocenters. The number of aromatic hydroxyl groups is 1. The van der Waals surface area contributed by atoms with Crippen LogP contribution in [0.1, 0.15) is 29.7 Å². The number of nitrogens with zero attached hydrogens (tertiary/aromatic N) is 1. The van der Waals surface area contributed by atoms with Gasteiger partial charge in [0.05, 0.1) is 14.2 Å². The molecule has 0 aliphatic carbocycles. The third-order valence-electron chi connectivity index (χ3n) is 4.69. The molecule has 1 unspecified atom stereocenters. The van der Waals surface area contributed by atoms with Crippen molar-refractivity contribution in [3.63, 3.8) is 0 Å². The maximum atomic E-state index is 9.92. The van der Waals surface area contributed by atoms with Crippen LogP contribution in [0.4, 0.5) is 0 Å². The molecule has 0 radical (unpaired) electrons. The molecule has 0 saturated carbocycles. The Morgan fingerprint density at radius 3 is 2.31 bits per heavy atom. The number of rotatable bonds is 9. The first-order valence-corrected chi connectivity index (χ1v) is 9.39. The highest BCUT2D eigenvalue weighted by Gasteiger charge is 2.11. The average Bonchev–Trinajstić information content (AvgIpc) is 2.76. The summed E-state index contributed by atoms with van der Waals surface area (Å²) in [5.41, 5.74) is 3.10. The van der Waals surface area contributed by atoms with E-state index in [1.54, 1.807) is 31.6 Å². The zero-order valence-corrected chi connectivity index (χ0v) is 16.9. The Kier molecular flexibility index (Phi) is 6.92. The summed E-state index contributed by atoms with van der Waals surface area (Å²) in [6, 6.07) is 15.2. The maximum absolute atomic E-state index is 9.92. The molecular formula is C23H26N2O4. The van der Waals surface area contributed by atoms with Crippen LogP contribution in [0.15, 0.2) is 60.9 Å². The van der Waals surface area contributed by atoms with E-state index in [0.717, 1.165) is 16.7 Å². The summed E-state index contributed by atoms with van der Waals surface area (Å²) in [4.78, 5) is 4.01. The Balaban J connectivity index is 1.63. The lowest BCUT2D eigenvalue weighted by molar-refractivity contribution is 0.284. The smallest absolute Gasteiger partial charge is 0.161 e. The summed E-state index contributed by atoms with van der Waals surface area (Å²) >= 11 is 0. The molecule has 0 saturated heterocycles. The molecule has 0 spiro atoms. The van der Waals surface area contributed by atoms with Crippen LogP contribution in [0.25, 0.3) is 0 Å². The lowest BCUT2D eigenvalue weighted by atomic mass is 10.1. The maximum Gasteiger partial charge on any atom is 0.161 e. The van der Waals surface area contributed by atoms with Gasteiger partial charge in [-0.2, -0.15) is 0 Å². The largest absolute Gasteiger partial charge is 0.504 e. The SMILES string of the molecule is COc1ccc(CNC(C)c2ccc(OCc3ccncc3)c(OC)c2)cc1O. The van der Waals surface area contributed by atoms with Gasteiger partial charge >= 0.3 is 0 Å². The highest BCUT2D eigenvalue weighted by molar-refractivity contribution is 5.44. The minimum Gasteiger partial charge on any atom is -0.504 e. The van der Waals surface area contributed by atoms with Crippen LogP contribution in [-0.4, -0.2) is 24.3 Å². The van der Waals surface area contributed by atoms with Gasteiger partial charge in [-0.05, 0) is 60.0 Å². The predicted octanol–water partition coefficient (Wildman–Crippen LogP) is 4.23. The monoisotopic (exact) mass is 394 g/mol. The number of methoxy groups -OCH3 is 2. The second kappa shape index (κ2) is 9.80. The summed E-state index contributed by atoms with van der Waals surface area (Å²) in [6.45, 7) is 3.14. The normalized spacial score (nSPS) is 11.7.